The smallest absolute Gasteiger partial charge is 0.146 e. The van der Waals surface area contributed by atoms with Crippen molar-refractivity contribution in [3.8, 4) is 17.1 Å². The number of nitrogens with zero attached hydrogens (tertiary/aromatic N) is 3. The fourth-order valence-electron chi connectivity index (χ4n) is 1.72. The molecule has 0 bridgehead atoms. The molecule has 0 aromatic carbocycles. The molecule has 0 atom stereocenters. The first-order valence-corrected chi connectivity index (χ1v) is 6.21. The van der Waals surface area contributed by atoms with E-state index in [0.29, 0.717) is 11.8 Å². The third kappa shape index (κ3) is 1.67. The molecule has 2 aromatic heterocycles. The van der Waals surface area contributed by atoms with Crippen molar-refractivity contribution >= 4 is 34.2 Å². The van der Waals surface area contributed by atoms with E-state index in [1.54, 1.807) is 12.3 Å². The lowest BCUT2D eigenvalue weighted by Gasteiger charge is -2.05. The average molecular weight is 348 g/mol. The van der Waals surface area contributed by atoms with Crippen LogP contribution >= 0.6 is 34.2 Å². The highest BCUT2D eigenvalue weighted by Gasteiger charge is 2.18. The van der Waals surface area contributed by atoms with Crippen molar-refractivity contribution in [2.75, 3.05) is 6.61 Å². The van der Waals surface area contributed by atoms with Crippen LogP contribution in [0.3, 0.4) is 0 Å². The lowest BCUT2D eigenvalue weighted by molar-refractivity contribution is 0.306. The molecule has 0 unspecified atom stereocenters. The first-order valence-electron chi connectivity index (χ1n) is 4.75. The molecule has 16 heavy (non-hydrogen) atoms. The van der Waals surface area contributed by atoms with Gasteiger partial charge in [-0.3, -0.25) is 0 Å². The minimum atomic E-state index is 0.438. The molecule has 1 aliphatic heterocycles. The Morgan fingerprint density at radius 3 is 3.25 bits per heavy atom. The molecule has 0 N–H and O–H groups in total. The summed E-state index contributed by atoms with van der Waals surface area (Å²) in [5.74, 6) is 1.64. The Hall–Kier alpha value is -0.820. The molecule has 0 fully saturated rings. The molecule has 6 heteroatoms. The Balaban J connectivity index is 2.24. The second-order valence-electron chi connectivity index (χ2n) is 3.43. The second-order valence-corrected chi connectivity index (χ2v) is 4.92. The molecule has 3 heterocycles. The van der Waals surface area contributed by atoms with Gasteiger partial charge in [0, 0.05) is 18.5 Å². The van der Waals surface area contributed by atoms with E-state index < -0.39 is 0 Å². The summed E-state index contributed by atoms with van der Waals surface area (Å²) >= 11 is 8.04. The number of imidazole rings is 1. The molecule has 1 aliphatic rings. The predicted octanol–water partition coefficient (Wildman–Crippen LogP) is 2.60. The SMILES string of the molecule is Clc1cc2c(cn1)-c1nc(I)cn1CCO2. The number of halogens is 2. The predicted molar refractivity (Wildman–Crippen MR) is 68.7 cm³/mol. The summed E-state index contributed by atoms with van der Waals surface area (Å²) in [6.07, 6.45) is 3.71. The van der Waals surface area contributed by atoms with Crippen LogP contribution in [0.25, 0.3) is 11.4 Å². The summed E-state index contributed by atoms with van der Waals surface area (Å²) in [5.41, 5.74) is 0.893. The largest absolute Gasteiger partial charge is 0.491 e. The summed E-state index contributed by atoms with van der Waals surface area (Å²) in [6.45, 7) is 1.41. The van der Waals surface area contributed by atoms with Crippen molar-refractivity contribution in [2.24, 2.45) is 0 Å². The summed E-state index contributed by atoms with van der Waals surface area (Å²) in [5, 5.41) is 0.438. The van der Waals surface area contributed by atoms with Gasteiger partial charge in [-0.25, -0.2) is 9.97 Å². The number of rotatable bonds is 0. The topological polar surface area (TPSA) is 39.9 Å². The van der Waals surface area contributed by atoms with E-state index >= 15 is 0 Å². The lowest BCUT2D eigenvalue weighted by Crippen LogP contribution is -2.04. The van der Waals surface area contributed by atoms with Crippen molar-refractivity contribution in [3.63, 3.8) is 0 Å². The number of ether oxygens (including phenoxy) is 1. The van der Waals surface area contributed by atoms with Crippen LogP contribution in [0.2, 0.25) is 5.15 Å². The highest BCUT2D eigenvalue weighted by atomic mass is 127. The van der Waals surface area contributed by atoms with E-state index in [0.717, 1.165) is 27.4 Å². The minimum Gasteiger partial charge on any atom is -0.491 e. The molecule has 2 aromatic rings. The van der Waals surface area contributed by atoms with Gasteiger partial charge in [-0.1, -0.05) is 11.6 Å². The fraction of sp³-hybridized carbons (Fsp3) is 0.200. The van der Waals surface area contributed by atoms with Gasteiger partial charge in [0.05, 0.1) is 12.1 Å². The van der Waals surface area contributed by atoms with E-state index in [4.69, 9.17) is 16.3 Å². The normalized spacial score (nSPS) is 13.6. The van der Waals surface area contributed by atoms with Crippen molar-refractivity contribution in [3.05, 3.63) is 27.3 Å². The van der Waals surface area contributed by atoms with Crippen LogP contribution in [0, 0.1) is 3.70 Å². The highest BCUT2D eigenvalue weighted by molar-refractivity contribution is 14.1. The number of hydrogen-bond donors (Lipinski definition) is 0. The Morgan fingerprint density at radius 2 is 2.38 bits per heavy atom. The maximum absolute atomic E-state index is 5.84. The van der Waals surface area contributed by atoms with Crippen LogP contribution in [-0.4, -0.2) is 21.1 Å². The molecule has 82 valence electrons. The zero-order valence-electron chi connectivity index (χ0n) is 8.15. The standard InChI is InChI=1S/C10H7ClIN3O/c11-8-3-7-6(4-13-8)10-14-9(12)5-15(10)1-2-16-7/h3-5H,1-2H2. The van der Waals surface area contributed by atoms with E-state index in [1.165, 1.54) is 0 Å². The van der Waals surface area contributed by atoms with Crippen LogP contribution in [0.15, 0.2) is 18.5 Å². The van der Waals surface area contributed by atoms with E-state index in [2.05, 4.69) is 37.1 Å². The monoisotopic (exact) mass is 347 g/mol. The molecule has 0 spiro atoms. The third-order valence-corrected chi connectivity index (χ3v) is 3.14. The number of hydrogen-bond acceptors (Lipinski definition) is 3. The number of fused-ring (bicyclic) bond motifs is 3. The van der Waals surface area contributed by atoms with E-state index in [9.17, 15) is 0 Å². The van der Waals surface area contributed by atoms with Gasteiger partial charge in [-0.05, 0) is 22.6 Å². The number of aromatic nitrogens is 3. The summed E-state index contributed by atoms with van der Waals surface area (Å²) < 4.78 is 8.66. The van der Waals surface area contributed by atoms with Crippen LogP contribution in [0.4, 0.5) is 0 Å². The Labute approximate surface area is 111 Å². The van der Waals surface area contributed by atoms with Gasteiger partial charge in [0.1, 0.15) is 27.0 Å². The van der Waals surface area contributed by atoms with E-state index in [1.807, 2.05) is 6.20 Å². The van der Waals surface area contributed by atoms with Crippen molar-refractivity contribution < 1.29 is 4.74 Å². The Morgan fingerprint density at radius 1 is 1.50 bits per heavy atom. The molecule has 0 radical (unpaired) electrons. The first-order chi connectivity index (χ1) is 7.74. The molecule has 0 amide bonds. The van der Waals surface area contributed by atoms with Gasteiger partial charge < -0.3 is 9.30 Å². The number of pyridine rings is 1. The first kappa shape index (κ1) is 10.3. The summed E-state index contributed by atoms with van der Waals surface area (Å²) in [7, 11) is 0. The summed E-state index contributed by atoms with van der Waals surface area (Å²) in [6, 6.07) is 1.73. The maximum Gasteiger partial charge on any atom is 0.146 e. The van der Waals surface area contributed by atoms with Crippen LogP contribution in [0.5, 0.6) is 5.75 Å². The van der Waals surface area contributed by atoms with E-state index in [-0.39, 0.29) is 0 Å². The van der Waals surface area contributed by atoms with Crippen LogP contribution in [-0.2, 0) is 6.54 Å². The average Bonchev–Trinajstić information content (AvgIpc) is 2.52. The van der Waals surface area contributed by atoms with Gasteiger partial charge in [0.2, 0.25) is 0 Å². The van der Waals surface area contributed by atoms with Crippen molar-refractivity contribution in [1.29, 1.82) is 0 Å². The zero-order chi connectivity index (χ0) is 11.1. The quantitative estimate of drug-likeness (QED) is 0.543. The molecular formula is C10H7ClIN3O. The molecule has 0 aliphatic carbocycles. The van der Waals surface area contributed by atoms with Gasteiger partial charge >= 0.3 is 0 Å². The molecule has 4 nitrogen and oxygen atoms in total. The Bertz CT molecular complexity index is 555. The van der Waals surface area contributed by atoms with Gasteiger partial charge in [0.15, 0.2) is 0 Å². The maximum atomic E-state index is 5.84. The van der Waals surface area contributed by atoms with Crippen molar-refractivity contribution in [1.82, 2.24) is 14.5 Å². The van der Waals surface area contributed by atoms with Gasteiger partial charge in [-0.2, -0.15) is 0 Å². The van der Waals surface area contributed by atoms with Gasteiger partial charge in [0.25, 0.3) is 0 Å². The Kier molecular flexibility index (Phi) is 2.51. The van der Waals surface area contributed by atoms with Crippen LogP contribution in [0.1, 0.15) is 0 Å². The molecule has 0 saturated heterocycles. The minimum absolute atomic E-state index is 0.438. The lowest BCUT2D eigenvalue weighted by atomic mass is 10.2. The second kappa shape index (κ2) is 3.89. The van der Waals surface area contributed by atoms with Crippen molar-refractivity contribution in [2.45, 2.75) is 6.54 Å². The van der Waals surface area contributed by atoms with Gasteiger partial charge in [-0.15, -0.1) is 0 Å². The zero-order valence-corrected chi connectivity index (χ0v) is 11.1. The molecule has 0 saturated carbocycles. The summed E-state index contributed by atoms with van der Waals surface area (Å²) in [4.78, 5) is 8.54. The third-order valence-electron chi connectivity index (χ3n) is 2.41. The molecule has 3 rings (SSSR count). The fourth-order valence-corrected chi connectivity index (χ4v) is 2.44. The molecular weight excluding hydrogens is 340 g/mol. The van der Waals surface area contributed by atoms with Crippen LogP contribution < -0.4 is 4.74 Å². The highest BCUT2D eigenvalue weighted by Crippen LogP contribution is 2.32.